The van der Waals surface area contributed by atoms with Gasteiger partial charge in [-0.2, -0.15) is 0 Å². The zero-order chi connectivity index (χ0) is 19.8. The minimum atomic E-state index is -0.604. The van der Waals surface area contributed by atoms with E-state index < -0.39 is 6.10 Å². The van der Waals surface area contributed by atoms with Crippen LogP contribution in [0, 0.1) is 0 Å². The highest BCUT2D eigenvalue weighted by molar-refractivity contribution is 6.30. The number of benzene rings is 3. The maximum atomic E-state index is 12.5. The summed E-state index contributed by atoms with van der Waals surface area (Å²) in [7, 11) is 0. The fourth-order valence-corrected chi connectivity index (χ4v) is 2.81. The summed E-state index contributed by atoms with van der Waals surface area (Å²) in [6.07, 6.45) is -0.0659. The van der Waals surface area contributed by atoms with Gasteiger partial charge < -0.3 is 14.8 Å². The summed E-state index contributed by atoms with van der Waals surface area (Å²) < 4.78 is 11.5. The average molecular weight is 396 g/mol. The maximum absolute atomic E-state index is 12.5. The van der Waals surface area contributed by atoms with E-state index in [2.05, 4.69) is 5.32 Å². The van der Waals surface area contributed by atoms with Crippen LogP contribution in [0.1, 0.15) is 18.9 Å². The molecule has 0 unspecified atom stereocenters. The van der Waals surface area contributed by atoms with E-state index in [1.807, 2.05) is 61.5 Å². The van der Waals surface area contributed by atoms with Crippen LogP contribution in [-0.4, -0.2) is 12.0 Å². The Morgan fingerprint density at radius 2 is 1.71 bits per heavy atom. The second-order valence-electron chi connectivity index (χ2n) is 6.26. The number of hydrogen-bond donors (Lipinski definition) is 1. The minimum Gasteiger partial charge on any atom is -0.489 e. The number of rotatable bonds is 8. The van der Waals surface area contributed by atoms with Crippen molar-refractivity contribution in [2.24, 2.45) is 0 Å². The molecule has 3 aromatic rings. The van der Waals surface area contributed by atoms with E-state index in [1.54, 1.807) is 24.3 Å². The van der Waals surface area contributed by atoms with Crippen LogP contribution in [0.3, 0.4) is 0 Å². The molecule has 0 fully saturated rings. The predicted molar refractivity (Wildman–Crippen MR) is 112 cm³/mol. The molecular weight excluding hydrogens is 374 g/mol. The Morgan fingerprint density at radius 3 is 2.39 bits per heavy atom. The number of carbonyl (C=O) groups excluding carboxylic acids is 1. The first kappa shape index (κ1) is 19.8. The number of carbonyl (C=O) groups is 1. The summed E-state index contributed by atoms with van der Waals surface area (Å²) >= 11 is 5.97. The molecule has 5 heteroatoms. The van der Waals surface area contributed by atoms with Gasteiger partial charge in [0.15, 0.2) is 6.10 Å². The van der Waals surface area contributed by atoms with E-state index in [4.69, 9.17) is 21.1 Å². The Kier molecular flexibility index (Phi) is 6.93. The predicted octanol–water partition coefficient (Wildman–Crippen LogP) is 5.72. The van der Waals surface area contributed by atoms with Gasteiger partial charge in [0.05, 0.1) is 0 Å². The maximum Gasteiger partial charge on any atom is 0.265 e. The Hall–Kier alpha value is -2.98. The van der Waals surface area contributed by atoms with Crippen LogP contribution in [0.2, 0.25) is 5.02 Å². The van der Waals surface area contributed by atoms with E-state index >= 15 is 0 Å². The zero-order valence-corrected chi connectivity index (χ0v) is 16.4. The van der Waals surface area contributed by atoms with Crippen molar-refractivity contribution in [1.29, 1.82) is 0 Å². The van der Waals surface area contributed by atoms with Gasteiger partial charge in [0, 0.05) is 10.7 Å². The van der Waals surface area contributed by atoms with Crippen molar-refractivity contribution in [1.82, 2.24) is 0 Å². The summed E-state index contributed by atoms with van der Waals surface area (Å²) in [6.45, 7) is 2.40. The first-order chi connectivity index (χ1) is 13.6. The molecule has 0 saturated carbocycles. The molecular formula is C23H22ClNO3. The molecule has 0 aliphatic rings. The van der Waals surface area contributed by atoms with Gasteiger partial charge in [-0.25, -0.2) is 0 Å². The molecule has 0 aliphatic heterocycles. The van der Waals surface area contributed by atoms with Gasteiger partial charge in [-0.1, -0.05) is 54.9 Å². The SMILES string of the molecule is CC[C@H](Oc1cccc(Cl)c1)C(=O)Nc1ccc(OCc2ccccc2)cc1. The van der Waals surface area contributed by atoms with Crippen LogP contribution in [0.25, 0.3) is 0 Å². The molecule has 0 spiro atoms. The molecule has 0 bridgehead atoms. The normalized spacial score (nSPS) is 11.5. The number of halogens is 1. The van der Waals surface area contributed by atoms with Crippen LogP contribution < -0.4 is 14.8 Å². The van der Waals surface area contributed by atoms with Crippen LogP contribution in [0.15, 0.2) is 78.9 Å². The van der Waals surface area contributed by atoms with Gasteiger partial charge in [-0.3, -0.25) is 4.79 Å². The van der Waals surface area contributed by atoms with E-state index in [0.717, 1.165) is 11.3 Å². The number of anilines is 1. The van der Waals surface area contributed by atoms with Gasteiger partial charge >= 0.3 is 0 Å². The lowest BCUT2D eigenvalue weighted by molar-refractivity contribution is -0.122. The molecule has 0 saturated heterocycles. The van der Waals surface area contributed by atoms with Gasteiger partial charge in [0.25, 0.3) is 5.91 Å². The summed E-state index contributed by atoms with van der Waals surface area (Å²) in [4.78, 5) is 12.5. The molecule has 1 N–H and O–H groups in total. The third kappa shape index (κ3) is 5.76. The van der Waals surface area contributed by atoms with E-state index in [-0.39, 0.29) is 5.91 Å². The second-order valence-corrected chi connectivity index (χ2v) is 6.70. The first-order valence-corrected chi connectivity index (χ1v) is 9.51. The fraction of sp³-hybridized carbons (Fsp3) is 0.174. The van der Waals surface area contributed by atoms with Crippen molar-refractivity contribution >= 4 is 23.2 Å². The highest BCUT2D eigenvalue weighted by atomic mass is 35.5. The Bertz CT molecular complexity index is 897. The van der Waals surface area contributed by atoms with Crippen molar-refractivity contribution in [2.75, 3.05) is 5.32 Å². The van der Waals surface area contributed by atoms with Gasteiger partial charge in [-0.05, 0) is 54.4 Å². The third-order valence-corrected chi connectivity index (χ3v) is 4.34. The zero-order valence-electron chi connectivity index (χ0n) is 15.6. The quantitative estimate of drug-likeness (QED) is 0.531. The Labute approximate surface area is 170 Å². The molecule has 4 nitrogen and oxygen atoms in total. The number of nitrogens with one attached hydrogen (secondary N) is 1. The van der Waals surface area contributed by atoms with Gasteiger partial charge in [-0.15, -0.1) is 0 Å². The lowest BCUT2D eigenvalue weighted by Gasteiger charge is -2.17. The smallest absolute Gasteiger partial charge is 0.265 e. The number of amides is 1. The van der Waals surface area contributed by atoms with Crippen LogP contribution in [-0.2, 0) is 11.4 Å². The van der Waals surface area contributed by atoms with Crippen molar-refractivity contribution < 1.29 is 14.3 Å². The van der Waals surface area contributed by atoms with E-state index in [9.17, 15) is 4.79 Å². The molecule has 0 heterocycles. The number of ether oxygens (including phenoxy) is 2. The molecule has 0 aromatic heterocycles. The standard InChI is InChI=1S/C23H22ClNO3/c1-2-22(28-21-10-6-9-18(24)15-21)23(26)25-19-11-13-20(14-12-19)27-16-17-7-4-3-5-8-17/h3-15,22H,2,16H2,1H3,(H,25,26)/t22-/m0/s1. The van der Waals surface area contributed by atoms with E-state index in [0.29, 0.717) is 29.5 Å². The third-order valence-electron chi connectivity index (χ3n) is 4.11. The van der Waals surface area contributed by atoms with Crippen LogP contribution in [0.4, 0.5) is 5.69 Å². The van der Waals surface area contributed by atoms with Crippen LogP contribution in [0.5, 0.6) is 11.5 Å². The summed E-state index contributed by atoms with van der Waals surface area (Å²) in [5, 5.41) is 3.44. The minimum absolute atomic E-state index is 0.208. The molecule has 3 rings (SSSR count). The molecule has 0 radical (unpaired) electrons. The molecule has 1 amide bonds. The van der Waals surface area contributed by atoms with Crippen molar-refractivity contribution in [3.05, 3.63) is 89.4 Å². The fourth-order valence-electron chi connectivity index (χ4n) is 2.62. The first-order valence-electron chi connectivity index (χ1n) is 9.14. The molecule has 0 aliphatic carbocycles. The summed E-state index contributed by atoms with van der Waals surface area (Å²) in [6, 6.07) is 24.3. The molecule has 3 aromatic carbocycles. The average Bonchev–Trinajstić information content (AvgIpc) is 2.72. The summed E-state index contributed by atoms with van der Waals surface area (Å²) in [5.74, 6) is 1.10. The lowest BCUT2D eigenvalue weighted by Crippen LogP contribution is -2.32. The van der Waals surface area contributed by atoms with Crippen molar-refractivity contribution in [2.45, 2.75) is 26.1 Å². The van der Waals surface area contributed by atoms with Crippen molar-refractivity contribution in [3.8, 4) is 11.5 Å². The van der Waals surface area contributed by atoms with Crippen molar-refractivity contribution in [3.63, 3.8) is 0 Å². The Balaban J connectivity index is 1.55. The lowest BCUT2D eigenvalue weighted by atomic mass is 10.2. The summed E-state index contributed by atoms with van der Waals surface area (Å²) in [5.41, 5.74) is 1.79. The highest BCUT2D eigenvalue weighted by Gasteiger charge is 2.18. The number of hydrogen-bond acceptors (Lipinski definition) is 3. The molecule has 144 valence electrons. The van der Waals surface area contributed by atoms with Gasteiger partial charge in [0.1, 0.15) is 18.1 Å². The highest BCUT2D eigenvalue weighted by Crippen LogP contribution is 2.21. The Morgan fingerprint density at radius 1 is 0.964 bits per heavy atom. The second kappa shape index (κ2) is 9.81. The van der Waals surface area contributed by atoms with E-state index in [1.165, 1.54) is 0 Å². The molecule has 1 atom stereocenters. The van der Waals surface area contributed by atoms with Crippen LogP contribution >= 0.6 is 11.6 Å². The molecule has 28 heavy (non-hydrogen) atoms. The monoisotopic (exact) mass is 395 g/mol. The largest absolute Gasteiger partial charge is 0.489 e. The topological polar surface area (TPSA) is 47.6 Å². The van der Waals surface area contributed by atoms with Gasteiger partial charge in [0.2, 0.25) is 0 Å².